The molecule has 2 aromatic carbocycles. The Hall–Kier alpha value is -2.99. The molecule has 0 fully saturated rings. The Kier molecular flexibility index (Phi) is 7.53. The number of aliphatic imine (C=N–C) groups is 1. The number of guanidine groups is 1. The van der Waals surface area contributed by atoms with Gasteiger partial charge in [-0.05, 0) is 36.8 Å². The van der Waals surface area contributed by atoms with E-state index in [4.69, 9.17) is 16.3 Å². The third-order valence-electron chi connectivity index (χ3n) is 4.34. The first-order valence-corrected chi connectivity index (χ1v) is 9.92. The molecule has 2 N–H and O–H groups in total. The maximum atomic E-state index is 5.90. The molecule has 152 valence electrons. The number of benzene rings is 2. The van der Waals surface area contributed by atoms with Crippen LogP contribution in [0.3, 0.4) is 0 Å². The standard InChI is InChI=1S/C22H26ClN5O/c1-17(29-20-10-8-19(23)9-11-20)14-26-22(24-2)27-15-21-25-12-13-28(21)16-18-6-4-3-5-7-18/h3-13,17H,14-16H2,1-2H3,(H2,24,26,27). The molecule has 7 heteroatoms. The van der Waals surface area contributed by atoms with Gasteiger partial charge in [-0.25, -0.2) is 4.98 Å². The van der Waals surface area contributed by atoms with Gasteiger partial charge in [-0.2, -0.15) is 0 Å². The van der Waals surface area contributed by atoms with Crippen LogP contribution < -0.4 is 15.4 Å². The van der Waals surface area contributed by atoms with Gasteiger partial charge in [-0.15, -0.1) is 0 Å². The van der Waals surface area contributed by atoms with Gasteiger partial charge in [0.15, 0.2) is 5.96 Å². The number of rotatable bonds is 8. The molecule has 1 unspecified atom stereocenters. The molecular formula is C22H26ClN5O. The fraction of sp³-hybridized carbons (Fsp3) is 0.273. The van der Waals surface area contributed by atoms with Crippen LogP contribution in [0.15, 0.2) is 72.0 Å². The molecule has 1 heterocycles. The Balaban J connectivity index is 1.47. The molecule has 3 rings (SSSR count). The molecule has 29 heavy (non-hydrogen) atoms. The number of nitrogens with zero attached hydrogens (tertiary/aromatic N) is 3. The van der Waals surface area contributed by atoms with Crippen LogP contribution >= 0.6 is 11.6 Å². The number of nitrogens with one attached hydrogen (secondary N) is 2. The molecule has 0 bridgehead atoms. The zero-order valence-electron chi connectivity index (χ0n) is 16.7. The smallest absolute Gasteiger partial charge is 0.191 e. The molecule has 1 aromatic heterocycles. The molecule has 0 spiro atoms. The predicted octanol–water partition coefficient (Wildman–Crippen LogP) is 3.72. The van der Waals surface area contributed by atoms with Crippen molar-refractivity contribution in [1.29, 1.82) is 0 Å². The van der Waals surface area contributed by atoms with Crippen LogP contribution in [0.2, 0.25) is 5.02 Å². The third kappa shape index (κ3) is 6.54. The van der Waals surface area contributed by atoms with Crippen molar-refractivity contribution in [3.8, 4) is 5.75 Å². The van der Waals surface area contributed by atoms with Crippen molar-refractivity contribution in [2.75, 3.05) is 13.6 Å². The van der Waals surface area contributed by atoms with Gasteiger partial charge in [0, 0.05) is 31.0 Å². The minimum absolute atomic E-state index is 0.0326. The molecule has 0 aliphatic rings. The van der Waals surface area contributed by atoms with E-state index >= 15 is 0 Å². The number of imidazole rings is 1. The highest BCUT2D eigenvalue weighted by Gasteiger charge is 2.08. The topological polar surface area (TPSA) is 63.5 Å². The van der Waals surface area contributed by atoms with E-state index in [9.17, 15) is 0 Å². The lowest BCUT2D eigenvalue weighted by Crippen LogP contribution is -2.41. The SMILES string of the molecule is CN=C(NCc1nccn1Cc1ccccc1)NCC(C)Oc1ccc(Cl)cc1. The summed E-state index contributed by atoms with van der Waals surface area (Å²) in [5.41, 5.74) is 1.24. The van der Waals surface area contributed by atoms with Crippen LogP contribution in [0.1, 0.15) is 18.3 Å². The van der Waals surface area contributed by atoms with Crippen LogP contribution in [-0.4, -0.2) is 35.2 Å². The lowest BCUT2D eigenvalue weighted by Gasteiger charge is -2.18. The second-order valence-corrected chi connectivity index (χ2v) is 7.08. The Morgan fingerprint density at radius 2 is 1.90 bits per heavy atom. The van der Waals surface area contributed by atoms with E-state index in [1.54, 1.807) is 7.05 Å². The largest absolute Gasteiger partial charge is 0.489 e. The summed E-state index contributed by atoms with van der Waals surface area (Å²) in [6, 6.07) is 17.7. The van der Waals surface area contributed by atoms with Gasteiger partial charge in [0.25, 0.3) is 0 Å². The highest BCUT2D eigenvalue weighted by Crippen LogP contribution is 2.16. The minimum Gasteiger partial charge on any atom is -0.489 e. The fourth-order valence-corrected chi connectivity index (χ4v) is 2.97. The van der Waals surface area contributed by atoms with Gasteiger partial charge in [0.2, 0.25) is 0 Å². The van der Waals surface area contributed by atoms with Crippen LogP contribution in [0.5, 0.6) is 5.75 Å². The van der Waals surface area contributed by atoms with Crippen LogP contribution in [0.4, 0.5) is 0 Å². The summed E-state index contributed by atoms with van der Waals surface area (Å²) in [5, 5.41) is 7.28. The maximum Gasteiger partial charge on any atom is 0.191 e. The number of hydrogen-bond acceptors (Lipinski definition) is 3. The number of halogens is 1. The zero-order chi connectivity index (χ0) is 20.5. The van der Waals surface area contributed by atoms with E-state index in [1.165, 1.54) is 5.56 Å². The molecule has 3 aromatic rings. The first-order chi connectivity index (χ1) is 14.1. The van der Waals surface area contributed by atoms with Crippen molar-refractivity contribution in [2.24, 2.45) is 4.99 Å². The molecule has 0 amide bonds. The van der Waals surface area contributed by atoms with Gasteiger partial charge in [0.1, 0.15) is 17.7 Å². The predicted molar refractivity (Wildman–Crippen MR) is 118 cm³/mol. The zero-order valence-corrected chi connectivity index (χ0v) is 17.4. The van der Waals surface area contributed by atoms with E-state index in [1.807, 2.05) is 61.8 Å². The summed E-state index contributed by atoms with van der Waals surface area (Å²) in [6.07, 6.45) is 3.77. The summed E-state index contributed by atoms with van der Waals surface area (Å²) >= 11 is 5.90. The summed E-state index contributed by atoms with van der Waals surface area (Å²) in [4.78, 5) is 8.74. The first-order valence-electron chi connectivity index (χ1n) is 9.54. The molecule has 0 saturated heterocycles. The molecule has 0 radical (unpaired) electrons. The molecule has 0 aliphatic carbocycles. The van der Waals surface area contributed by atoms with Crippen LogP contribution in [0, 0.1) is 0 Å². The van der Waals surface area contributed by atoms with E-state index in [0.717, 1.165) is 18.1 Å². The van der Waals surface area contributed by atoms with Gasteiger partial charge in [0.05, 0.1) is 13.1 Å². The molecule has 0 aliphatic heterocycles. The Labute approximate surface area is 176 Å². The molecule has 1 atom stereocenters. The first kappa shape index (κ1) is 20.7. The summed E-state index contributed by atoms with van der Waals surface area (Å²) in [7, 11) is 1.75. The number of hydrogen-bond donors (Lipinski definition) is 2. The third-order valence-corrected chi connectivity index (χ3v) is 4.59. The quantitative estimate of drug-likeness (QED) is 0.438. The molecular weight excluding hydrogens is 386 g/mol. The molecule has 6 nitrogen and oxygen atoms in total. The van der Waals surface area contributed by atoms with Crippen LogP contribution in [-0.2, 0) is 13.1 Å². The highest BCUT2D eigenvalue weighted by atomic mass is 35.5. The fourth-order valence-electron chi connectivity index (χ4n) is 2.84. The Morgan fingerprint density at radius 1 is 1.14 bits per heavy atom. The summed E-state index contributed by atoms with van der Waals surface area (Å²) in [6.45, 7) is 3.98. The molecule has 0 saturated carbocycles. The van der Waals surface area contributed by atoms with Gasteiger partial charge < -0.3 is 19.9 Å². The van der Waals surface area contributed by atoms with Gasteiger partial charge in [-0.1, -0.05) is 41.9 Å². The average molecular weight is 412 g/mol. The average Bonchev–Trinajstić information content (AvgIpc) is 3.17. The van der Waals surface area contributed by atoms with E-state index in [0.29, 0.717) is 24.1 Å². The Morgan fingerprint density at radius 3 is 2.62 bits per heavy atom. The van der Waals surface area contributed by atoms with Crippen molar-refractivity contribution in [3.05, 3.63) is 83.4 Å². The maximum absolute atomic E-state index is 5.90. The lowest BCUT2D eigenvalue weighted by molar-refractivity contribution is 0.224. The number of ether oxygens (including phenoxy) is 1. The van der Waals surface area contributed by atoms with E-state index < -0.39 is 0 Å². The van der Waals surface area contributed by atoms with Crippen molar-refractivity contribution >= 4 is 17.6 Å². The monoisotopic (exact) mass is 411 g/mol. The highest BCUT2D eigenvalue weighted by molar-refractivity contribution is 6.30. The van der Waals surface area contributed by atoms with Crippen LogP contribution in [0.25, 0.3) is 0 Å². The van der Waals surface area contributed by atoms with E-state index in [-0.39, 0.29) is 6.10 Å². The summed E-state index contributed by atoms with van der Waals surface area (Å²) in [5.74, 6) is 2.43. The van der Waals surface area contributed by atoms with Gasteiger partial charge >= 0.3 is 0 Å². The van der Waals surface area contributed by atoms with Crippen molar-refractivity contribution in [3.63, 3.8) is 0 Å². The van der Waals surface area contributed by atoms with Crippen molar-refractivity contribution in [2.45, 2.75) is 26.1 Å². The Bertz CT molecular complexity index is 908. The van der Waals surface area contributed by atoms with E-state index in [2.05, 4.69) is 37.3 Å². The minimum atomic E-state index is -0.0326. The second kappa shape index (κ2) is 10.5. The second-order valence-electron chi connectivity index (χ2n) is 6.65. The number of aromatic nitrogens is 2. The summed E-state index contributed by atoms with van der Waals surface area (Å²) < 4.78 is 8.01. The van der Waals surface area contributed by atoms with Gasteiger partial charge in [-0.3, -0.25) is 4.99 Å². The van der Waals surface area contributed by atoms with Crippen molar-refractivity contribution in [1.82, 2.24) is 20.2 Å². The van der Waals surface area contributed by atoms with Crippen molar-refractivity contribution < 1.29 is 4.74 Å². The lowest BCUT2D eigenvalue weighted by atomic mass is 10.2. The normalized spacial score (nSPS) is 12.4.